The molecule has 0 radical (unpaired) electrons. The molecule has 26 heavy (non-hydrogen) atoms. The van der Waals surface area contributed by atoms with Gasteiger partial charge in [-0.3, -0.25) is 15.2 Å². The Bertz CT molecular complexity index is 915. The third-order valence-electron chi connectivity index (χ3n) is 3.30. The van der Waals surface area contributed by atoms with Gasteiger partial charge in [0.1, 0.15) is 11.2 Å². The van der Waals surface area contributed by atoms with E-state index in [4.69, 9.17) is 11.6 Å². The molecule has 0 aliphatic rings. The van der Waals surface area contributed by atoms with Crippen LogP contribution in [0, 0.1) is 0 Å². The van der Waals surface area contributed by atoms with Crippen molar-refractivity contribution in [3.05, 3.63) is 59.1 Å². The number of nitrogens with zero attached hydrogens (tertiary/aromatic N) is 3. The van der Waals surface area contributed by atoms with E-state index in [1.54, 1.807) is 21.1 Å². The molecule has 9 heteroatoms. The first-order valence-corrected chi connectivity index (χ1v) is 9.39. The number of amides is 1. The summed E-state index contributed by atoms with van der Waals surface area (Å²) in [4.78, 5) is 13.7. The van der Waals surface area contributed by atoms with Crippen LogP contribution in [0.2, 0.25) is 5.02 Å². The Hall–Kier alpha value is -2.58. The number of hydrogen-bond acceptors (Lipinski definition) is 4. The molecule has 7 nitrogen and oxygen atoms in total. The highest BCUT2D eigenvalue weighted by Gasteiger charge is 2.20. The average Bonchev–Trinajstić information content (AvgIpc) is 2.61. The SMILES string of the molecule is CN(C)/C=N/S(=O)(=O)c1cc(C(=O)NN(C)c2ccccc2)ccc1Cl. The first-order chi connectivity index (χ1) is 12.2. The molecule has 2 aromatic rings. The quantitative estimate of drug-likeness (QED) is 0.462. The van der Waals surface area contributed by atoms with E-state index in [0.717, 1.165) is 12.0 Å². The Morgan fingerprint density at radius 1 is 1.12 bits per heavy atom. The second-order valence-corrected chi connectivity index (χ2v) is 7.65. The van der Waals surface area contributed by atoms with Crippen LogP contribution < -0.4 is 10.4 Å². The summed E-state index contributed by atoms with van der Waals surface area (Å²) in [6, 6.07) is 13.2. The van der Waals surface area contributed by atoms with E-state index in [1.165, 1.54) is 28.1 Å². The lowest BCUT2D eigenvalue weighted by Crippen LogP contribution is -2.39. The lowest BCUT2D eigenvalue weighted by molar-refractivity contribution is 0.0951. The number of carbonyl (C=O) groups excluding carboxylic acids is 1. The van der Waals surface area contributed by atoms with E-state index in [-0.39, 0.29) is 15.5 Å². The Labute approximate surface area is 157 Å². The van der Waals surface area contributed by atoms with Crippen LogP contribution in [0.15, 0.2) is 57.8 Å². The Morgan fingerprint density at radius 2 is 1.77 bits per heavy atom. The molecule has 0 saturated carbocycles. The van der Waals surface area contributed by atoms with Crippen molar-refractivity contribution in [1.82, 2.24) is 10.3 Å². The van der Waals surface area contributed by atoms with Crippen molar-refractivity contribution in [1.29, 1.82) is 0 Å². The third-order valence-corrected chi connectivity index (χ3v) is 5.01. The van der Waals surface area contributed by atoms with Crippen LogP contribution >= 0.6 is 11.6 Å². The van der Waals surface area contributed by atoms with Gasteiger partial charge in [0.05, 0.1) is 10.7 Å². The monoisotopic (exact) mass is 394 g/mol. The van der Waals surface area contributed by atoms with Gasteiger partial charge in [0.15, 0.2) is 0 Å². The first-order valence-electron chi connectivity index (χ1n) is 7.57. The minimum absolute atomic E-state index is 0.00568. The van der Waals surface area contributed by atoms with Gasteiger partial charge in [0.2, 0.25) is 0 Å². The van der Waals surface area contributed by atoms with Crippen molar-refractivity contribution in [3.8, 4) is 0 Å². The molecule has 1 N–H and O–H groups in total. The number of nitrogens with one attached hydrogen (secondary N) is 1. The predicted molar refractivity (Wildman–Crippen MR) is 103 cm³/mol. The van der Waals surface area contributed by atoms with E-state index in [0.29, 0.717) is 0 Å². The molecule has 0 fully saturated rings. The topological polar surface area (TPSA) is 82.1 Å². The molecule has 0 bridgehead atoms. The van der Waals surface area contributed by atoms with Gasteiger partial charge in [-0.05, 0) is 30.3 Å². The van der Waals surface area contributed by atoms with Gasteiger partial charge < -0.3 is 4.90 Å². The summed E-state index contributed by atoms with van der Waals surface area (Å²) >= 11 is 5.99. The second kappa shape index (κ2) is 8.20. The largest absolute Gasteiger partial charge is 0.368 e. The van der Waals surface area contributed by atoms with Crippen LogP contribution in [0.5, 0.6) is 0 Å². The normalized spacial score (nSPS) is 11.4. The molecule has 0 unspecified atom stereocenters. The Morgan fingerprint density at radius 3 is 2.38 bits per heavy atom. The van der Waals surface area contributed by atoms with Crippen molar-refractivity contribution >= 4 is 39.6 Å². The molecule has 0 aliphatic heterocycles. The second-order valence-electron chi connectivity index (χ2n) is 5.64. The van der Waals surface area contributed by atoms with Crippen molar-refractivity contribution < 1.29 is 13.2 Å². The average molecular weight is 395 g/mol. The van der Waals surface area contributed by atoms with Gasteiger partial charge in [-0.1, -0.05) is 29.8 Å². The Kier molecular flexibility index (Phi) is 6.23. The minimum Gasteiger partial charge on any atom is -0.368 e. The minimum atomic E-state index is -4.02. The maximum atomic E-state index is 12.4. The molecule has 2 aromatic carbocycles. The number of benzene rings is 2. The summed E-state index contributed by atoms with van der Waals surface area (Å²) in [6.07, 6.45) is 1.15. The standard InChI is InChI=1S/C17H19ClN4O3S/c1-21(2)12-19-26(24,25)16-11-13(9-10-15(16)18)17(23)20-22(3)14-7-5-4-6-8-14/h4-12H,1-3H3,(H,20,23)/b19-12+. The molecule has 2 rings (SSSR count). The molecule has 0 spiro atoms. The van der Waals surface area contributed by atoms with Crippen LogP contribution in [0.1, 0.15) is 10.4 Å². The zero-order valence-corrected chi connectivity index (χ0v) is 16.1. The molecular weight excluding hydrogens is 376 g/mol. The van der Waals surface area contributed by atoms with Crippen LogP contribution in [0.4, 0.5) is 5.69 Å². The van der Waals surface area contributed by atoms with Gasteiger partial charge >= 0.3 is 0 Å². The summed E-state index contributed by atoms with van der Waals surface area (Å²) in [5.41, 5.74) is 3.60. The lowest BCUT2D eigenvalue weighted by atomic mass is 10.2. The molecule has 1 amide bonds. The van der Waals surface area contributed by atoms with Crippen molar-refractivity contribution in [2.45, 2.75) is 4.90 Å². The van der Waals surface area contributed by atoms with E-state index in [9.17, 15) is 13.2 Å². The highest BCUT2D eigenvalue weighted by molar-refractivity contribution is 7.90. The summed E-state index contributed by atoms with van der Waals surface area (Å²) in [7, 11) is 0.948. The zero-order valence-electron chi connectivity index (χ0n) is 14.5. The van der Waals surface area contributed by atoms with Crippen molar-refractivity contribution in [2.75, 3.05) is 26.2 Å². The maximum absolute atomic E-state index is 12.4. The summed E-state index contributed by atoms with van der Waals surface area (Å²) < 4.78 is 28.2. The first kappa shape index (κ1) is 19.7. The lowest BCUT2D eigenvalue weighted by Gasteiger charge is -2.20. The fourth-order valence-electron chi connectivity index (χ4n) is 1.99. The molecule has 0 aliphatic carbocycles. The zero-order chi connectivity index (χ0) is 19.3. The number of hydrogen-bond donors (Lipinski definition) is 1. The van der Waals surface area contributed by atoms with Crippen LogP contribution in [-0.4, -0.2) is 46.7 Å². The number of para-hydroxylation sites is 1. The number of hydrazine groups is 1. The highest BCUT2D eigenvalue weighted by Crippen LogP contribution is 2.24. The number of anilines is 1. The smallest absolute Gasteiger partial charge is 0.285 e. The Balaban J connectivity index is 2.27. The molecule has 0 saturated heterocycles. The van der Waals surface area contributed by atoms with Gasteiger partial charge in [-0.2, -0.15) is 8.42 Å². The fraction of sp³-hybridized carbons (Fsp3) is 0.176. The van der Waals surface area contributed by atoms with Crippen LogP contribution in [0.3, 0.4) is 0 Å². The number of halogens is 1. The molecule has 0 aromatic heterocycles. The van der Waals surface area contributed by atoms with E-state index >= 15 is 0 Å². The maximum Gasteiger partial charge on any atom is 0.285 e. The third kappa shape index (κ3) is 4.96. The van der Waals surface area contributed by atoms with Crippen molar-refractivity contribution in [3.63, 3.8) is 0 Å². The van der Waals surface area contributed by atoms with Gasteiger partial charge in [-0.15, -0.1) is 4.40 Å². The fourth-order valence-corrected chi connectivity index (χ4v) is 3.42. The predicted octanol–water partition coefficient (Wildman–Crippen LogP) is 2.40. The van der Waals surface area contributed by atoms with E-state index in [1.807, 2.05) is 30.3 Å². The molecule has 0 heterocycles. The van der Waals surface area contributed by atoms with Gasteiger partial charge in [0, 0.05) is 26.7 Å². The summed E-state index contributed by atoms with van der Waals surface area (Å²) in [6.45, 7) is 0. The van der Waals surface area contributed by atoms with E-state index in [2.05, 4.69) is 9.82 Å². The number of rotatable bonds is 6. The highest BCUT2D eigenvalue weighted by atomic mass is 35.5. The molecular formula is C17H19ClN4O3S. The van der Waals surface area contributed by atoms with E-state index < -0.39 is 15.9 Å². The van der Waals surface area contributed by atoms with Gasteiger partial charge in [-0.25, -0.2) is 0 Å². The number of carbonyl (C=O) groups is 1. The molecule has 0 atom stereocenters. The number of sulfonamides is 1. The summed E-state index contributed by atoms with van der Waals surface area (Å²) in [5, 5.41) is 1.53. The van der Waals surface area contributed by atoms with Crippen molar-refractivity contribution in [2.24, 2.45) is 4.40 Å². The molecule has 138 valence electrons. The van der Waals surface area contributed by atoms with Gasteiger partial charge in [0.25, 0.3) is 15.9 Å². The van der Waals surface area contributed by atoms with Crippen LogP contribution in [-0.2, 0) is 10.0 Å². The summed E-state index contributed by atoms with van der Waals surface area (Å²) in [5.74, 6) is -0.471. The van der Waals surface area contributed by atoms with Crippen LogP contribution in [0.25, 0.3) is 0 Å².